The fraction of sp³-hybridized carbons (Fsp3) is 0.429. The average molecular weight is 264 g/mol. The van der Waals surface area contributed by atoms with Crippen LogP contribution in [0.4, 0.5) is 10.1 Å². The van der Waals surface area contributed by atoms with Gasteiger partial charge in [-0.3, -0.25) is 9.59 Å². The summed E-state index contributed by atoms with van der Waals surface area (Å²) in [7, 11) is 1.62. The normalized spacial score (nSPS) is 16.2. The molecule has 0 bridgehead atoms. The molecule has 2 rings (SSSR count). The number of rotatable bonds is 3. The minimum absolute atomic E-state index is 0.0206. The second-order valence-electron chi connectivity index (χ2n) is 4.67. The molecule has 0 aliphatic carbocycles. The van der Waals surface area contributed by atoms with E-state index < -0.39 is 0 Å². The molecule has 0 spiro atoms. The maximum Gasteiger partial charge on any atom is 0.222 e. The summed E-state index contributed by atoms with van der Waals surface area (Å²) in [6, 6.07) is 4.49. The molecule has 1 aromatic rings. The third kappa shape index (κ3) is 2.75. The molecule has 1 N–H and O–H groups in total. The SMILES string of the molecule is CNC(=O)C1CCN(c2c(F)cccc2C=O)CC1. The minimum atomic E-state index is -0.386. The lowest BCUT2D eigenvalue weighted by molar-refractivity contribution is -0.125. The summed E-state index contributed by atoms with van der Waals surface area (Å²) in [5, 5.41) is 2.64. The lowest BCUT2D eigenvalue weighted by Crippen LogP contribution is -2.40. The van der Waals surface area contributed by atoms with Crippen molar-refractivity contribution in [3.63, 3.8) is 0 Å². The summed E-state index contributed by atoms with van der Waals surface area (Å²) >= 11 is 0. The van der Waals surface area contributed by atoms with Crippen molar-refractivity contribution in [1.29, 1.82) is 0 Å². The van der Waals surface area contributed by atoms with Crippen LogP contribution in [-0.2, 0) is 4.79 Å². The van der Waals surface area contributed by atoms with Gasteiger partial charge in [0.05, 0.1) is 5.69 Å². The lowest BCUT2D eigenvalue weighted by Gasteiger charge is -2.33. The van der Waals surface area contributed by atoms with E-state index in [4.69, 9.17) is 0 Å². The average Bonchev–Trinajstić information content (AvgIpc) is 2.46. The molecular formula is C14H17FN2O2. The third-order valence-corrected chi connectivity index (χ3v) is 3.57. The molecule has 1 heterocycles. The van der Waals surface area contributed by atoms with Crippen molar-refractivity contribution < 1.29 is 14.0 Å². The van der Waals surface area contributed by atoms with E-state index >= 15 is 0 Å². The molecule has 1 fully saturated rings. The molecule has 19 heavy (non-hydrogen) atoms. The van der Waals surface area contributed by atoms with Crippen molar-refractivity contribution in [2.24, 2.45) is 5.92 Å². The van der Waals surface area contributed by atoms with Gasteiger partial charge in [-0.15, -0.1) is 0 Å². The number of carbonyl (C=O) groups excluding carboxylic acids is 2. The Morgan fingerprint density at radius 3 is 2.68 bits per heavy atom. The van der Waals surface area contributed by atoms with Gasteiger partial charge in [0.15, 0.2) is 6.29 Å². The highest BCUT2D eigenvalue weighted by atomic mass is 19.1. The first-order chi connectivity index (χ1) is 9.17. The summed E-state index contributed by atoms with van der Waals surface area (Å²) in [6.07, 6.45) is 2.02. The summed E-state index contributed by atoms with van der Waals surface area (Å²) in [5.74, 6) is -0.375. The van der Waals surface area contributed by atoms with Crippen molar-refractivity contribution >= 4 is 17.9 Å². The van der Waals surface area contributed by atoms with Gasteiger partial charge in [-0.05, 0) is 25.0 Å². The number of amides is 1. The van der Waals surface area contributed by atoms with Crippen LogP contribution in [0.5, 0.6) is 0 Å². The Labute approximate surface area is 111 Å². The summed E-state index contributed by atoms with van der Waals surface area (Å²) in [6.45, 7) is 1.17. The van der Waals surface area contributed by atoms with Crippen LogP contribution in [0.1, 0.15) is 23.2 Å². The van der Waals surface area contributed by atoms with Crippen LogP contribution in [0.15, 0.2) is 18.2 Å². The second kappa shape index (κ2) is 5.82. The zero-order chi connectivity index (χ0) is 13.8. The number of para-hydroxylation sites is 1. The third-order valence-electron chi connectivity index (χ3n) is 3.57. The van der Waals surface area contributed by atoms with Crippen LogP contribution in [0.3, 0.4) is 0 Å². The van der Waals surface area contributed by atoms with Gasteiger partial charge in [-0.1, -0.05) is 6.07 Å². The van der Waals surface area contributed by atoms with Crippen molar-refractivity contribution in [3.8, 4) is 0 Å². The Kier molecular flexibility index (Phi) is 4.14. The van der Waals surface area contributed by atoms with Gasteiger partial charge in [-0.2, -0.15) is 0 Å². The number of hydrogen-bond donors (Lipinski definition) is 1. The monoisotopic (exact) mass is 264 g/mol. The van der Waals surface area contributed by atoms with Crippen LogP contribution in [0.2, 0.25) is 0 Å². The largest absolute Gasteiger partial charge is 0.369 e. The van der Waals surface area contributed by atoms with Gasteiger partial charge in [0.25, 0.3) is 0 Å². The molecule has 5 heteroatoms. The van der Waals surface area contributed by atoms with Crippen molar-refractivity contribution in [2.75, 3.05) is 25.0 Å². The molecule has 0 unspecified atom stereocenters. The van der Waals surface area contributed by atoms with Crippen LogP contribution in [0.25, 0.3) is 0 Å². The summed E-state index contributed by atoms with van der Waals surface area (Å²) in [4.78, 5) is 24.4. The van der Waals surface area contributed by atoms with Crippen LogP contribution in [0, 0.1) is 11.7 Å². The number of hydrogen-bond acceptors (Lipinski definition) is 3. The quantitative estimate of drug-likeness (QED) is 0.844. The molecule has 1 aliphatic rings. The first kappa shape index (κ1) is 13.5. The Morgan fingerprint density at radius 2 is 2.11 bits per heavy atom. The Morgan fingerprint density at radius 1 is 1.42 bits per heavy atom. The molecule has 0 atom stereocenters. The van der Waals surface area contributed by atoms with Gasteiger partial charge in [0, 0.05) is 31.6 Å². The topological polar surface area (TPSA) is 49.4 Å². The van der Waals surface area contributed by atoms with E-state index in [0.717, 1.165) is 0 Å². The van der Waals surface area contributed by atoms with Crippen molar-refractivity contribution in [1.82, 2.24) is 5.32 Å². The number of nitrogens with one attached hydrogen (secondary N) is 1. The first-order valence-electron chi connectivity index (χ1n) is 6.37. The van der Waals surface area contributed by atoms with Gasteiger partial charge < -0.3 is 10.2 Å². The van der Waals surface area contributed by atoms with Gasteiger partial charge >= 0.3 is 0 Å². The number of nitrogens with zero attached hydrogens (tertiary/aromatic N) is 1. The van der Waals surface area contributed by atoms with Crippen LogP contribution in [-0.4, -0.2) is 32.3 Å². The van der Waals surface area contributed by atoms with Crippen molar-refractivity contribution in [2.45, 2.75) is 12.8 Å². The van der Waals surface area contributed by atoms with Gasteiger partial charge in [0.1, 0.15) is 5.82 Å². The van der Waals surface area contributed by atoms with Crippen molar-refractivity contribution in [3.05, 3.63) is 29.6 Å². The molecule has 1 saturated heterocycles. The van der Waals surface area contributed by atoms with E-state index in [1.54, 1.807) is 13.1 Å². The number of benzene rings is 1. The second-order valence-corrected chi connectivity index (χ2v) is 4.67. The predicted molar refractivity (Wildman–Crippen MR) is 70.8 cm³/mol. The highest BCUT2D eigenvalue weighted by Gasteiger charge is 2.26. The number of aldehydes is 1. The fourth-order valence-corrected chi connectivity index (χ4v) is 2.53. The molecular weight excluding hydrogens is 247 g/mol. The Bertz CT molecular complexity index is 482. The van der Waals surface area contributed by atoms with E-state index in [1.807, 2.05) is 4.90 Å². The molecule has 1 aromatic carbocycles. The van der Waals surface area contributed by atoms with E-state index in [1.165, 1.54) is 12.1 Å². The highest BCUT2D eigenvalue weighted by Crippen LogP contribution is 2.28. The van der Waals surface area contributed by atoms with Crippen LogP contribution >= 0.6 is 0 Å². The summed E-state index contributed by atoms with van der Waals surface area (Å²) in [5.41, 5.74) is 0.714. The number of piperidine rings is 1. The first-order valence-corrected chi connectivity index (χ1v) is 6.37. The molecule has 4 nitrogen and oxygen atoms in total. The number of carbonyl (C=O) groups is 2. The maximum absolute atomic E-state index is 13.9. The standard InChI is InChI=1S/C14H17FN2O2/c1-16-14(19)10-5-7-17(8-6-10)13-11(9-18)3-2-4-12(13)15/h2-4,9-10H,5-8H2,1H3,(H,16,19). The predicted octanol–water partition coefficient (Wildman–Crippen LogP) is 1.60. The molecule has 0 aromatic heterocycles. The molecule has 0 saturated carbocycles. The van der Waals surface area contributed by atoms with Crippen LogP contribution < -0.4 is 10.2 Å². The van der Waals surface area contributed by atoms with E-state index in [-0.39, 0.29) is 17.6 Å². The van der Waals surface area contributed by atoms with E-state index in [9.17, 15) is 14.0 Å². The number of halogens is 1. The van der Waals surface area contributed by atoms with Gasteiger partial charge in [-0.25, -0.2) is 4.39 Å². The lowest BCUT2D eigenvalue weighted by atomic mass is 9.95. The Balaban J connectivity index is 2.14. The van der Waals surface area contributed by atoms with E-state index in [0.29, 0.717) is 43.5 Å². The molecule has 1 aliphatic heterocycles. The maximum atomic E-state index is 13.9. The van der Waals surface area contributed by atoms with E-state index in [2.05, 4.69) is 5.32 Å². The minimum Gasteiger partial charge on any atom is -0.369 e. The zero-order valence-electron chi connectivity index (χ0n) is 10.9. The summed E-state index contributed by atoms with van der Waals surface area (Å²) < 4.78 is 13.9. The molecule has 102 valence electrons. The fourth-order valence-electron chi connectivity index (χ4n) is 2.53. The molecule has 0 radical (unpaired) electrons. The Hall–Kier alpha value is -1.91. The number of anilines is 1. The molecule has 1 amide bonds. The zero-order valence-corrected chi connectivity index (χ0v) is 10.9. The highest BCUT2D eigenvalue weighted by molar-refractivity contribution is 5.85. The smallest absolute Gasteiger partial charge is 0.222 e. The van der Waals surface area contributed by atoms with Gasteiger partial charge in [0.2, 0.25) is 5.91 Å².